The molecule has 0 radical (unpaired) electrons. The summed E-state index contributed by atoms with van der Waals surface area (Å²) in [5, 5.41) is 7.53. The zero-order chi connectivity index (χ0) is 35.6. The van der Waals surface area contributed by atoms with Gasteiger partial charge in [0.1, 0.15) is 0 Å². The molecule has 2 nitrogen and oxygen atoms in total. The van der Waals surface area contributed by atoms with Crippen LogP contribution < -0.4 is 0 Å². The Bertz CT molecular complexity index is 3110. The van der Waals surface area contributed by atoms with Crippen LogP contribution in [0.2, 0.25) is 0 Å². The summed E-state index contributed by atoms with van der Waals surface area (Å²) in [7, 11) is 0. The van der Waals surface area contributed by atoms with Crippen LogP contribution in [-0.4, -0.2) is 9.13 Å². The van der Waals surface area contributed by atoms with Gasteiger partial charge in [0, 0.05) is 32.9 Å². The van der Waals surface area contributed by atoms with Crippen molar-refractivity contribution in [3.63, 3.8) is 0 Å². The van der Waals surface area contributed by atoms with Crippen LogP contribution in [0.3, 0.4) is 0 Å². The Morgan fingerprint density at radius 3 is 1.07 bits per heavy atom. The lowest BCUT2D eigenvalue weighted by atomic mass is 9.93. The summed E-state index contributed by atoms with van der Waals surface area (Å²) < 4.78 is 4.83. The van der Waals surface area contributed by atoms with Crippen molar-refractivity contribution in [2.45, 2.75) is 0 Å². The lowest BCUT2D eigenvalue weighted by molar-refractivity contribution is 1.18. The maximum atomic E-state index is 2.43. The van der Waals surface area contributed by atoms with Crippen molar-refractivity contribution >= 4 is 54.4 Å². The molecule has 2 heterocycles. The van der Waals surface area contributed by atoms with E-state index in [1.54, 1.807) is 0 Å². The molecule has 11 aromatic rings. The van der Waals surface area contributed by atoms with Gasteiger partial charge in [0.05, 0.1) is 22.1 Å². The smallest absolute Gasteiger partial charge is 0.0547 e. The molecule has 54 heavy (non-hydrogen) atoms. The predicted octanol–water partition coefficient (Wildman–Crippen LogP) is 14.0. The van der Waals surface area contributed by atoms with Crippen molar-refractivity contribution in [1.29, 1.82) is 0 Å². The maximum absolute atomic E-state index is 2.43. The third-order valence-electron chi connectivity index (χ3n) is 11.0. The van der Waals surface area contributed by atoms with Crippen molar-refractivity contribution in [2.75, 3.05) is 0 Å². The molecular formula is C52H34N2. The quantitative estimate of drug-likeness (QED) is 0.171. The van der Waals surface area contributed by atoms with Crippen molar-refractivity contribution in [3.8, 4) is 44.8 Å². The van der Waals surface area contributed by atoms with E-state index in [0.717, 1.165) is 5.69 Å². The zero-order valence-electron chi connectivity index (χ0n) is 29.5. The number of hydrogen-bond donors (Lipinski definition) is 0. The Hall–Kier alpha value is -7.16. The van der Waals surface area contributed by atoms with Gasteiger partial charge in [-0.2, -0.15) is 0 Å². The Morgan fingerprint density at radius 1 is 0.222 bits per heavy atom. The molecule has 0 spiro atoms. The molecule has 9 aromatic carbocycles. The highest BCUT2D eigenvalue weighted by atomic mass is 15.0. The van der Waals surface area contributed by atoms with Crippen molar-refractivity contribution in [2.24, 2.45) is 0 Å². The largest absolute Gasteiger partial charge is 0.309 e. The van der Waals surface area contributed by atoms with Crippen LogP contribution in [0.5, 0.6) is 0 Å². The molecule has 0 aliphatic rings. The Balaban J connectivity index is 1.09. The van der Waals surface area contributed by atoms with Crippen molar-refractivity contribution in [3.05, 3.63) is 206 Å². The topological polar surface area (TPSA) is 9.86 Å². The van der Waals surface area contributed by atoms with E-state index in [1.807, 2.05) is 0 Å². The fraction of sp³-hybridized carbons (Fsp3) is 0. The van der Waals surface area contributed by atoms with E-state index < -0.39 is 0 Å². The van der Waals surface area contributed by atoms with Gasteiger partial charge in [0.15, 0.2) is 0 Å². The highest BCUT2D eigenvalue weighted by Gasteiger charge is 2.17. The summed E-state index contributed by atoms with van der Waals surface area (Å²) >= 11 is 0. The van der Waals surface area contributed by atoms with Gasteiger partial charge in [-0.15, -0.1) is 0 Å². The predicted molar refractivity (Wildman–Crippen MR) is 229 cm³/mol. The molecule has 0 unspecified atom stereocenters. The fourth-order valence-electron chi connectivity index (χ4n) is 8.50. The average Bonchev–Trinajstić information content (AvgIpc) is 3.74. The number of aromatic nitrogens is 2. The third kappa shape index (κ3) is 4.88. The number of hydrogen-bond acceptors (Lipinski definition) is 0. The summed E-state index contributed by atoms with van der Waals surface area (Å²) in [5.41, 5.74) is 14.4. The second-order valence-electron chi connectivity index (χ2n) is 14.2. The van der Waals surface area contributed by atoms with E-state index >= 15 is 0 Å². The van der Waals surface area contributed by atoms with Crippen LogP contribution in [0.4, 0.5) is 0 Å². The molecular weight excluding hydrogens is 653 g/mol. The van der Waals surface area contributed by atoms with Crippen molar-refractivity contribution in [1.82, 2.24) is 9.13 Å². The summed E-state index contributed by atoms with van der Waals surface area (Å²) in [6.07, 6.45) is 0. The Kier molecular flexibility index (Phi) is 6.90. The summed E-state index contributed by atoms with van der Waals surface area (Å²) in [5.74, 6) is 0. The van der Waals surface area contributed by atoms with Crippen LogP contribution in [0, 0.1) is 0 Å². The lowest BCUT2D eigenvalue weighted by Crippen LogP contribution is -1.94. The SMILES string of the molecule is c1ccc(-c2cc(-c3ccccc3)cc(-c3ccc(-n4c5ccccc5c5cc6cc7c8ccccc8n(-c8ccccc8)c7cc6cc54)cc3)c2)cc1. The van der Waals surface area contributed by atoms with Crippen LogP contribution in [0.15, 0.2) is 206 Å². The second-order valence-corrected chi connectivity index (χ2v) is 14.2. The molecule has 0 saturated heterocycles. The highest BCUT2D eigenvalue weighted by molar-refractivity contribution is 6.18. The summed E-state index contributed by atoms with van der Waals surface area (Å²) in [6, 6.07) is 75.2. The van der Waals surface area contributed by atoms with Crippen LogP contribution in [0.1, 0.15) is 0 Å². The molecule has 2 aromatic heterocycles. The minimum absolute atomic E-state index is 1.14. The minimum atomic E-state index is 1.14. The summed E-state index contributed by atoms with van der Waals surface area (Å²) in [6.45, 7) is 0. The average molecular weight is 687 g/mol. The third-order valence-corrected chi connectivity index (χ3v) is 11.0. The Labute approximate surface area is 313 Å². The van der Waals surface area contributed by atoms with E-state index in [4.69, 9.17) is 0 Å². The highest BCUT2D eigenvalue weighted by Crippen LogP contribution is 2.40. The maximum Gasteiger partial charge on any atom is 0.0547 e. The van der Waals surface area contributed by atoms with Gasteiger partial charge in [-0.3, -0.25) is 0 Å². The first kappa shape index (κ1) is 30.5. The Morgan fingerprint density at radius 2 is 0.593 bits per heavy atom. The van der Waals surface area contributed by atoms with E-state index in [-0.39, 0.29) is 0 Å². The number of nitrogens with zero attached hydrogens (tertiary/aromatic N) is 2. The van der Waals surface area contributed by atoms with Gasteiger partial charge in [0.2, 0.25) is 0 Å². The zero-order valence-corrected chi connectivity index (χ0v) is 29.5. The minimum Gasteiger partial charge on any atom is -0.309 e. The molecule has 0 aliphatic carbocycles. The van der Waals surface area contributed by atoms with E-state index in [1.165, 1.54) is 93.5 Å². The van der Waals surface area contributed by atoms with Gasteiger partial charge in [-0.1, -0.05) is 127 Å². The van der Waals surface area contributed by atoms with Crippen LogP contribution in [-0.2, 0) is 0 Å². The van der Waals surface area contributed by atoms with E-state index in [9.17, 15) is 0 Å². The molecule has 11 rings (SSSR count). The van der Waals surface area contributed by atoms with E-state index in [2.05, 4.69) is 215 Å². The number of rotatable bonds is 5. The van der Waals surface area contributed by atoms with Gasteiger partial charge in [0.25, 0.3) is 0 Å². The molecule has 0 bridgehead atoms. The van der Waals surface area contributed by atoms with Crippen molar-refractivity contribution < 1.29 is 0 Å². The van der Waals surface area contributed by atoms with Gasteiger partial charge >= 0.3 is 0 Å². The number of para-hydroxylation sites is 3. The summed E-state index contributed by atoms with van der Waals surface area (Å²) in [4.78, 5) is 0. The molecule has 0 fully saturated rings. The standard InChI is InChI=1S/C52H34N2/c1-4-14-35(15-5-1)38-28-39(36-16-6-2-7-17-36)30-40(29-38)37-24-26-44(27-25-37)54-50-23-13-11-21-46(50)48-32-41-31-47-45-20-10-12-22-49(45)53(43-18-8-3-9-19-43)51(47)33-42(41)34-52(48)54/h1-34H. The molecule has 252 valence electrons. The van der Waals surface area contributed by atoms with Gasteiger partial charge < -0.3 is 9.13 Å². The second kappa shape index (κ2) is 12.2. The molecule has 2 heteroatoms. The number of fused-ring (bicyclic) bond motifs is 7. The van der Waals surface area contributed by atoms with Crippen LogP contribution in [0.25, 0.3) is 99.1 Å². The first-order valence-electron chi connectivity index (χ1n) is 18.6. The monoisotopic (exact) mass is 686 g/mol. The molecule has 0 aliphatic heterocycles. The van der Waals surface area contributed by atoms with Gasteiger partial charge in [-0.25, -0.2) is 0 Å². The molecule has 0 N–H and O–H groups in total. The normalized spacial score (nSPS) is 11.7. The molecule has 0 saturated carbocycles. The first-order chi connectivity index (χ1) is 26.8. The number of benzene rings is 9. The van der Waals surface area contributed by atoms with Crippen LogP contribution >= 0.6 is 0 Å². The first-order valence-corrected chi connectivity index (χ1v) is 18.6. The lowest BCUT2D eigenvalue weighted by Gasteiger charge is -2.13. The fourth-order valence-corrected chi connectivity index (χ4v) is 8.50. The van der Waals surface area contributed by atoms with Gasteiger partial charge in [-0.05, 0) is 123 Å². The molecule has 0 atom stereocenters. The molecule has 0 amide bonds. The van der Waals surface area contributed by atoms with E-state index in [0.29, 0.717) is 0 Å².